The molecule has 0 atom stereocenters. The van der Waals surface area contributed by atoms with Gasteiger partial charge in [-0.2, -0.15) is 4.39 Å². The molecule has 0 aliphatic rings. The van der Waals surface area contributed by atoms with Crippen molar-refractivity contribution >= 4 is 33.8 Å². The minimum atomic E-state index is -0.973. The smallest absolute Gasteiger partial charge is 0.306 e. The first-order valence-corrected chi connectivity index (χ1v) is 10.5. The third-order valence-electron chi connectivity index (χ3n) is 5.24. The highest BCUT2D eigenvalue weighted by Crippen LogP contribution is 2.37. The van der Waals surface area contributed by atoms with Crippen LogP contribution in [0.4, 0.5) is 15.8 Å². The molecule has 1 aromatic heterocycles. The molecule has 0 saturated carbocycles. The first-order chi connectivity index (χ1) is 16.4. The van der Waals surface area contributed by atoms with Gasteiger partial charge in [0.2, 0.25) is 11.7 Å². The maximum absolute atomic E-state index is 13.6. The second-order valence-electron chi connectivity index (χ2n) is 7.53. The van der Waals surface area contributed by atoms with Gasteiger partial charge in [0.05, 0.1) is 17.8 Å². The van der Waals surface area contributed by atoms with Crippen LogP contribution in [-0.2, 0) is 4.79 Å². The Morgan fingerprint density at radius 3 is 2.65 bits per heavy atom. The summed E-state index contributed by atoms with van der Waals surface area (Å²) in [5, 5.41) is 14.4. The summed E-state index contributed by atoms with van der Waals surface area (Å²) in [5.74, 6) is -0.932. The second kappa shape index (κ2) is 9.58. The Labute approximate surface area is 194 Å². The van der Waals surface area contributed by atoms with E-state index < -0.39 is 22.3 Å². The Bertz CT molecular complexity index is 1410. The number of rotatable bonds is 7. The van der Waals surface area contributed by atoms with E-state index in [1.165, 1.54) is 12.1 Å². The van der Waals surface area contributed by atoms with Gasteiger partial charge in [0.25, 0.3) is 0 Å². The summed E-state index contributed by atoms with van der Waals surface area (Å²) in [6, 6.07) is 16.7. The summed E-state index contributed by atoms with van der Waals surface area (Å²) in [6.07, 6.45) is 3.05. The van der Waals surface area contributed by atoms with Crippen molar-refractivity contribution < 1.29 is 23.3 Å². The average Bonchev–Trinajstić information content (AvgIpc) is 3.23. The van der Waals surface area contributed by atoms with Crippen molar-refractivity contribution in [1.29, 1.82) is 0 Å². The second-order valence-corrected chi connectivity index (χ2v) is 7.53. The number of ether oxygens (including phenoxy) is 1. The molecule has 4 rings (SSSR count). The number of furan rings is 1. The minimum absolute atomic E-state index is 0.115. The molecule has 34 heavy (non-hydrogen) atoms. The van der Waals surface area contributed by atoms with Crippen LogP contribution in [0.1, 0.15) is 19.4 Å². The molecule has 8 heteroatoms. The maximum atomic E-state index is 13.6. The van der Waals surface area contributed by atoms with Gasteiger partial charge >= 0.3 is 5.69 Å². The Kier molecular flexibility index (Phi) is 6.40. The van der Waals surface area contributed by atoms with Gasteiger partial charge in [-0.15, -0.1) is 0 Å². The summed E-state index contributed by atoms with van der Waals surface area (Å²) in [4.78, 5) is 22.7. The summed E-state index contributed by atoms with van der Waals surface area (Å²) < 4.78 is 25.1. The van der Waals surface area contributed by atoms with Gasteiger partial charge in [-0.25, -0.2) is 0 Å². The number of fused-ring (bicyclic) bond motifs is 1. The number of nitro benzene ring substituents is 1. The zero-order valence-corrected chi connectivity index (χ0v) is 18.5. The number of halogens is 1. The number of allylic oxidation sites excluding steroid dienone is 1. The maximum Gasteiger partial charge on any atom is 0.306 e. The molecule has 0 radical (unpaired) electrons. The van der Waals surface area contributed by atoms with Crippen LogP contribution in [0.5, 0.6) is 5.75 Å². The molecule has 4 aromatic rings. The fourth-order valence-electron chi connectivity index (χ4n) is 3.66. The molecule has 0 fully saturated rings. The topological polar surface area (TPSA) is 94.6 Å². The van der Waals surface area contributed by atoms with Crippen molar-refractivity contribution in [2.45, 2.75) is 13.8 Å². The first-order valence-electron chi connectivity index (χ1n) is 10.5. The van der Waals surface area contributed by atoms with E-state index >= 15 is 0 Å². The number of hydrogen-bond donors (Lipinski definition) is 1. The zero-order valence-electron chi connectivity index (χ0n) is 18.5. The third-order valence-corrected chi connectivity index (χ3v) is 5.24. The van der Waals surface area contributed by atoms with Crippen LogP contribution in [0.2, 0.25) is 0 Å². The Morgan fingerprint density at radius 2 is 1.94 bits per heavy atom. The van der Waals surface area contributed by atoms with Gasteiger partial charge in [-0.05, 0) is 43.2 Å². The van der Waals surface area contributed by atoms with Gasteiger partial charge in [0.1, 0.15) is 11.3 Å². The van der Waals surface area contributed by atoms with E-state index in [0.717, 1.165) is 28.6 Å². The number of carbonyl (C=O) groups is 1. The van der Waals surface area contributed by atoms with Gasteiger partial charge < -0.3 is 14.5 Å². The van der Waals surface area contributed by atoms with Crippen LogP contribution in [0.25, 0.3) is 27.7 Å². The van der Waals surface area contributed by atoms with E-state index in [-0.39, 0.29) is 5.69 Å². The number of nitro groups is 1. The predicted molar refractivity (Wildman–Crippen MR) is 128 cm³/mol. The summed E-state index contributed by atoms with van der Waals surface area (Å²) in [7, 11) is 0. The molecule has 3 aromatic carbocycles. The minimum Gasteiger partial charge on any atom is -0.493 e. The SMILES string of the molecule is CCOc1cc2occ(-c3ccccc3)c2cc1/C(C)=C/C(=O)Nc1ccc(F)c([N+](=O)[O-])c1. The Hall–Kier alpha value is -4.46. The number of carbonyl (C=O) groups excluding carboxylic acids is 1. The highest BCUT2D eigenvalue weighted by Gasteiger charge is 2.17. The largest absolute Gasteiger partial charge is 0.493 e. The lowest BCUT2D eigenvalue weighted by molar-refractivity contribution is -0.387. The summed E-state index contributed by atoms with van der Waals surface area (Å²) >= 11 is 0. The lowest BCUT2D eigenvalue weighted by Gasteiger charge is -2.12. The van der Waals surface area contributed by atoms with Crippen molar-refractivity contribution in [1.82, 2.24) is 0 Å². The molecule has 0 saturated heterocycles. The number of benzene rings is 3. The predicted octanol–water partition coefficient (Wildman–Crippen LogP) is 6.59. The number of amides is 1. The van der Waals surface area contributed by atoms with E-state index in [1.807, 2.05) is 43.3 Å². The first kappa shape index (κ1) is 22.7. The lowest BCUT2D eigenvalue weighted by atomic mass is 9.99. The molecule has 7 nitrogen and oxygen atoms in total. The van der Waals surface area contributed by atoms with Crippen LogP contribution in [-0.4, -0.2) is 17.4 Å². The molecular formula is C26H21FN2O5. The van der Waals surface area contributed by atoms with E-state index in [4.69, 9.17) is 9.15 Å². The van der Waals surface area contributed by atoms with Crippen molar-refractivity contribution in [3.8, 4) is 16.9 Å². The van der Waals surface area contributed by atoms with Gasteiger partial charge in [0, 0.05) is 40.4 Å². The molecule has 1 N–H and O–H groups in total. The van der Waals surface area contributed by atoms with Crippen molar-refractivity contribution in [2.24, 2.45) is 0 Å². The molecule has 0 unspecified atom stereocenters. The van der Waals surface area contributed by atoms with Crippen LogP contribution < -0.4 is 10.1 Å². The molecule has 0 aliphatic heterocycles. The number of anilines is 1. The van der Waals surface area contributed by atoms with Crippen LogP contribution in [0.15, 0.2) is 77.4 Å². The standard InChI is InChI=1S/C26H21FN2O5/c1-3-33-24-14-25-20(21(15-34-25)17-7-5-4-6-8-17)13-19(24)16(2)11-26(30)28-18-9-10-22(27)23(12-18)29(31)32/h4-15H,3H2,1-2H3,(H,28,30)/b16-11+. The van der Waals surface area contributed by atoms with Gasteiger partial charge in [-0.1, -0.05) is 30.3 Å². The van der Waals surface area contributed by atoms with Crippen LogP contribution >= 0.6 is 0 Å². The van der Waals surface area contributed by atoms with Crippen LogP contribution in [0, 0.1) is 15.9 Å². The molecular weight excluding hydrogens is 439 g/mol. The lowest BCUT2D eigenvalue weighted by Crippen LogP contribution is -2.09. The van der Waals surface area contributed by atoms with E-state index in [0.29, 0.717) is 29.1 Å². The number of nitrogens with zero attached hydrogens (tertiary/aromatic N) is 1. The van der Waals surface area contributed by atoms with E-state index in [1.54, 1.807) is 19.3 Å². The fraction of sp³-hybridized carbons (Fsp3) is 0.115. The molecule has 0 spiro atoms. The highest BCUT2D eigenvalue weighted by atomic mass is 19.1. The highest BCUT2D eigenvalue weighted by molar-refractivity contribution is 6.05. The normalized spacial score (nSPS) is 11.4. The molecule has 1 heterocycles. The Morgan fingerprint density at radius 1 is 1.18 bits per heavy atom. The number of hydrogen-bond acceptors (Lipinski definition) is 5. The monoisotopic (exact) mass is 460 g/mol. The fourth-order valence-corrected chi connectivity index (χ4v) is 3.66. The average molecular weight is 460 g/mol. The summed E-state index contributed by atoms with van der Waals surface area (Å²) in [5.41, 5.74) is 3.28. The zero-order chi connectivity index (χ0) is 24.2. The third kappa shape index (κ3) is 4.66. The van der Waals surface area contributed by atoms with Crippen LogP contribution in [0.3, 0.4) is 0 Å². The summed E-state index contributed by atoms with van der Waals surface area (Å²) in [6.45, 7) is 4.04. The Balaban J connectivity index is 1.69. The van der Waals surface area contributed by atoms with Crippen molar-refractivity contribution in [2.75, 3.05) is 11.9 Å². The van der Waals surface area contributed by atoms with Gasteiger partial charge in [0.15, 0.2) is 0 Å². The van der Waals surface area contributed by atoms with E-state index in [2.05, 4.69) is 5.32 Å². The van der Waals surface area contributed by atoms with Crippen molar-refractivity contribution in [3.05, 3.63) is 94.5 Å². The quantitative estimate of drug-likeness (QED) is 0.191. The van der Waals surface area contributed by atoms with Crippen molar-refractivity contribution in [3.63, 3.8) is 0 Å². The van der Waals surface area contributed by atoms with E-state index in [9.17, 15) is 19.3 Å². The molecule has 0 bridgehead atoms. The molecule has 1 amide bonds. The number of nitrogens with one attached hydrogen (secondary N) is 1. The van der Waals surface area contributed by atoms with Gasteiger partial charge in [-0.3, -0.25) is 14.9 Å². The molecule has 0 aliphatic carbocycles. The molecule has 172 valence electrons.